The first-order chi connectivity index (χ1) is 8.99. The van der Waals surface area contributed by atoms with E-state index in [1.54, 1.807) is 12.1 Å². The number of amides is 1. The minimum Gasteiger partial charge on any atom is -0.508 e. The Morgan fingerprint density at radius 3 is 2.63 bits per heavy atom. The van der Waals surface area contributed by atoms with Crippen LogP contribution in [0.3, 0.4) is 0 Å². The van der Waals surface area contributed by atoms with Gasteiger partial charge in [-0.1, -0.05) is 23.7 Å². The number of nitrogens with one attached hydrogen (secondary N) is 1. The SMILES string of the molecule is Cc1cccc(Cl)c1NC(=O)c1cc(O)ccc1O. The summed E-state index contributed by atoms with van der Waals surface area (Å²) in [5.74, 6) is -0.844. The molecular formula is C14H12ClNO3. The first-order valence-corrected chi connectivity index (χ1v) is 5.95. The van der Waals surface area contributed by atoms with Crippen LogP contribution in [-0.2, 0) is 0 Å². The summed E-state index contributed by atoms with van der Waals surface area (Å²) in [4.78, 5) is 12.1. The summed E-state index contributed by atoms with van der Waals surface area (Å²) in [6, 6.07) is 8.99. The van der Waals surface area contributed by atoms with Crippen molar-refractivity contribution in [2.75, 3.05) is 5.32 Å². The summed E-state index contributed by atoms with van der Waals surface area (Å²) in [6.07, 6.45) is 0. The highest BCUT2D eigenvalue weighted by atomic mass is 35.5. The highest BCUT2D eigenvalue weighted by Crippen LogP contribution is 2.28. The summed E-state index contributed by atoms with van der Waals surface area (Å²) in [5.41, 5.74) is 1.27. The zero-order chi connectivity index (χ0) is 14.0. The van der Waals surface area contributed by atoms with Gasteiger partial charge in [0, 0.05) is 0 Å². The molecule has 0 aliphatic rings. The number of aromatic hydroxyl groups is 2. The van der Waals surface area contributed by atoms with E-state index >= 15 is 0 Å². The third kappa shape index (κ3) is 2.80. The highest BCUT2D eigenvalue weighted by Gasteiger charge is 2.14. The monoisotopic (exact) mass is 277 g/mol. The zero-order valence-electron chi connectivity index (χ0n) is 10.1. The van der Waals surface area contributed by atoms with Crippen LogP contribution in [0.1, 0.15) is 15.9 Å². The molecule has 0 spiro atoms. The Morgan fingerprint density at radius 2 is 1.95 bits per heavy atom. The summed E-state index contributed by atoms with van der Waals surface area (Å²) < 4.78 is 0. The van der Waals surface area contributed by atoms with Crippen molar-refractivity contribution in [2.24, 2.45) is 0 Å². The quantitative estimate of drug-likeness (QED) is 0.738. The van der Waals surface area contributed by atoms with Gasteiger partial charge in [0.1, 0.15) is 11.5 Å². The van der Waals surface area contributed by atoms with Gasteiger partial charge in [-0.3, -0.25) is 4.79 Å². The lowest BCUT2D eigenvalue weighted by Gasteiger charge is -2.11. The van der Waals surface area contributed by atoms with Crippen LogP contribution in [0.2, 0.25) is 5.02 Å². The lowest BCUT2D eigenvalue weighted by molar-refractivity contribution is 0.102. The molecule has 1 amide bonds. The third-order valence-corrected chi connectivity index (χ3v) is 3.00. The molecule has 0 saturated carbocycles. The number of aryl methyl sites for hydroxylation is 1. The average molecular weight is 278 g/mol. The Labute approximate surface area is 115 Å². The Morgan fingerprint density at radius 1 is 1.21 bits per heavy atom. The second kappa shape index (κ2) is 5.20. The number of halogens is 1. The van der Waals surface area contributed by atoms with E-state index in [0.717, 1.165) is 5.56 Å². The molecule has 0 radical (unpaired) electrons. The molecule has 4 nitrogen and oxygen atoms in total. The predicted molar refractivity (Wildman–Crippen MR) is 73.9 cm³/mol. The standard InChI is InChI=1S/C14H12ClNO3/c1-8-3-2-4-11(15)13(8)16-14(19)10-7-9(17)5-6-12(10)18/h2-7,17-18H,1H3,(H,16,19). The molecule has 0 bridgehead atoms. The van der Waals surface area contributed by atoms with Crippen molar-refractivity contribution in [3.05, 3.63) is 52.5 Å². The van der Waals surface area contributed by atoms with Crippen LogP contribution >= 0.6 is 11.6 Å². The molecule has 5 heteroatoms. The van der Waals surface area contributed by atoms with Gasteiger partial charge in [0.2, 0.25) is 0 Å². The third-order valence-electron chi connectivity index (χ3n) is 2.69. The number of hydrogen-bond acceptors (Lipinski definition) is 3. The number of benzene rings is 2. The molecule has 2 aromatic rings. The van der Waals surface area contributed by atoms with Crippen molar-refractivity contribution in [3.63, 3.8) is 0 Å². The van der Waals surface area contributed by atoms with E-state index in [2.05, 4.69) is 5.32 Å². The number of carbonyl (C=O) groups excluding carboxylic acids is 1. The van der Waals surface area contributed by atoms with E-state index in [-0.39, 0.29) is 17.1 Å². The van der Waals surface area contributed by atoms with Crippen molar-refractivity contribution >= 4 is 23.2 Å². The van der Waals surface area contributed by atoms with Crippen LogP contribution in [0.5, 0.6) is 11.5 Å². The summed E-state index contributed by atoms with van der Waals surface area (Å²) in [5, 5.41) is 22.0. The Bertz CT molecular complexity index is 620. The van der Waals surface area contributed by atoms with Crippen LogP contribution < -0.4 is 5.32 Å². The topological polar surface area (TPSA) is 69.6 Å². The molecule has 19 heavy (non-hydrogen) atoms. The van der Waals surface area contributed by atoms with Gasteiger partial charge >= 0.3 is 0 Å². The smallest absolute Gasteiger partial charge is 0.259 e. The fraction of sp³-hybridized carbons (Fsp3) is 0.0714. The molecule has 0 heterocycles. The van der Waals surface area contributed by atoms with Gasteiger partial charge in [0.05, 0.1) is 16.3 Å². The summed E-state index contributed by atoms with van der Waals surface area (Å²) in [6.45, 7) is 1.81. The Hall–Kier alpha value is -2.20. The van der Waals surface area contributed by atoms with Crippen LogP contribution in [0.4, 0.5) is 5.69 Å². The molecule has 0 fully saturated rings. The molecule has 2 rings (SSSR count). The molecule has 3 N–H and O–H groups in total. The van der Waals surface area contributed by atoms with Crippen molar-refractivity contribution in [1.29, 1.82) is 0 Å². The maximum atomic E-state index is 12.1. The predicted octanol–water partition coefficient (Wildman–Crippen LogP) is 3.31. The molecule has 0 unspecified atom stereocenters. The van der Waals surface area contributed by atoms with Gasteiger partial charge in [-0.25, -0.2) is 0 Å². The number of rotatable bonds is 2. The van der Waals surface area contributed by atoms with Gasteiger partial charge in [-0.15, -0.1) is 0 Å². The maximum absolute atomic E-state index is 12.1. The van der Waals surface area contributed by atoms with Crippen LogP contribution in [-0.4, -0.2) is 16.1 Å². The minimum atomic E-state index is -0.537. The molecule has 0 atom stereocenters. The van der Waals surface area contributed by atoms with Crippen molar-refractivity contribution in [2.45, 2.75) is 6.92 Å². The first-order valence-electron chi connectivity index (χ1n) is 5.57. The zero-order valence-corrected chi connectivity index (χ0v) is 10.9. The number of phenols is 2. The molecule has 0 aliphatic heterocycles. The van der Waals surface area contributed by atoms with Gasteiger partial charge in [0.25, 0.3) is 5.91 Å². The molecule has 0 aliphatic carbocycles. The highest BCUT2D eigenvalue weighted by molar-refractivity contribution is 6.34. The number of hydrogen-bond donors (Lipinski definition) is 3. The fourth-order valence-corrected chi connectivity index (χ4v) is 1.95. The van der Waals surface area contributed by atoms with Crippen molar-refractivity contribution in [1.82, 2.24) is 0 Å². The number of anilines is 1. The number of para-hydroxylation sites is 1. The van der Waals surface area contributed by atoms with Gasteiger partial charge in [-0.05, 0) is 36.8 Å². The summed E-state index contributed by atoms with van der Waals surface area (Å²) in [7, 11) is 0. The van der Waals surface area contributed by atoms with E-state index in [4.69, 9.17) is 11.6 Å². The lowest BCUT2D eigenvalue weighted by Crippen LogP contribution is -2.13. The van der Waals surface area contributed by atoms with Crippen LogP contribution in [0, 0.1) is 6.92 Å². The molecule has 98 valence electrons. The molecule has 0 aromatic heterocycles. The van der Waals surface area contributed by atoms with Gasteiger partial charge in [0.15, 0.2) is 0 Å². The maximum Gasteiger partial charge on any atom is 0.259 e. The van der Waals surface area contributed by atoms with Gasteiger partial charge in [-0.2, -0.15) is 0 Å². The van der Waals surface area contributed by atoms with E-state index in [0.29, 0.717) is 10.7 Å². The molecular weight excluding hydrogens is 266 g/mol. The largest absolute Gasteiger partial charge is 0.508 e. The average Bonchev–Trinajstić information content (AvgIpc) is 2.37. The van der Waals surface area contributed by atoms with E-state index < -0.39 is 5.91 Å². The second-order valence-electron chi connectivity index (χ2n) is 4.09. The number of phenolic OH excluding ortho intramolecular Hbond substituents is 2. The first kappa shape index (κ1) is 13.2. The normalized spacial score (nSPS) is 10.2. The molecule has 2 aromatic carbocycles. The van der Waals surface area contributed by atoms with E-state index in [9.17, 15) is 15.0 Å². The Balaban J connectivity index is 2.34. The fourth-order valence-electron chi connectivity index (χ4n) is 1.68. The molecule has 0 saturated heterocycles. The van der Waals surface area contributed by atoms with Gasteiger partial charge < -0.3 is 15.5 Å². The minimum absolute atomic E-state index is 0.0145. The van der Waals surface area contributed by atoms with E-state index in [1.807, 2.05) is 13.0 Å². The van der Waals surface area contributed by atoms with Crippen LogP contribution in [0.25, 0.3) is 0 Å². The lowest BCUT2D eigenvalue weighted by atomic mass is 10.1. The second-order valence-corrected chi connectivity index (χ2v) is 4.49. The summed E-state index contributed by atoms with van der Waals surface area (Å²) >= 11 is 6.01. The van der Waals surface area contributed by atoms with Crippen LogP contribution in [0.15, 0.2) is 36.4 Å². The van der Waals surface area contributed by atoms with Crippen molar-refractivity contribution in [3.8, 4) is 11.5 Å². The number of carbonyl (C=O) groups is 1. The Kier molecular flexibility index (Phi) is 3.62. The van der Waals surface area contributed by atoms with Crippen molar-refractivity contribution < 1.29 is 15.0 Å². The van der Waals surface area contributed by atoms with E-state index in [1.165, 1.54) is 18.2 Å².